The van der Waals surface area contributed by atoms with Crippen LogP contribution in [0.3, 0.4) is 0 Å². The number of aryl methyl sites for hydroxylation is 2. The fourth-order valence-corrected chi connectivity index (χ4v) is 6.27. The number of ether oxygens (including phenoxy) is 1. The van der Waals surface area contributed by atoms with E-state index in [2.05, 4.69) is 105 Å². The third-order valence-corrected chi connectivity index (χ3v) is 8.96. The minimum Gasteiger partial charge on any atom is -0.497 e. The summed E-state index contributed by atoms with van der Waals surface area (Å²) in [5.41, 5.74) is 12.2. The Bertz CT molecular complexity index is 2120. The molecule has 1 heterocycles. The molecule has 2 nitrogen and oxygen atoms in total. The molecule has 0 aliphatic rings. The maximum Gasteiger partial charge on any atom is 0.118 e. The number of nitrogens with zero attached hydrogens (tertiary/aromatic N) is 1. The van der Waals surface area contributed by atoms with Crippen molar-refractivity contribution in [2.45, 2.75) is 26.7 Å². The van der Waals surface area contributed by atoms with Crippen LogP contribution in [0.2, 0.25) is 0 Å². The fourth-order valence-electron chi connectivity index (χ4n) is 6.27. The average Bonchev–Trinajstić information content (AvgIpc) is 3.14. The number of hydrogen-bond donors (Lipinski definition) is 0. The predicted molar refractivity (Wildman–Crippen MR) is 193 cm³/mol. The number of fused-ring (bicyclic) bond motifs is 1. The molecule has 1 radical (unpaired) electrons. The molecule has 0 aliphatic carbocycles. The molecule has 0 atom stereocenters. The van der Waals surface area contributed by atoms with Gasteiger partial charge in [0.05, 0.1) is 7.11 Å². The maximum atomic E-state index is 15.5. The van der Waals surface area contributed by atoms with Crippen LogP contribution in [0.4, 0.5) is 4.39 Å². The van der Waals surface area contributed by atoms with Gasteiger partial charge in [0.25, 0.3) is 0 Å². The molecule has 1 aromatic heterocycles. The van der Waals surface area contributed by atoms with Gasteiger partial charge in [0, 0.05) is 32.1 Å². The molecule has 4 heteroatoms. The van der Waals surface area contributed by atoms with Crippen molar-refractivity contribution in [1.82, 2.24) is 4.98 Å². The Hall–Kier alpha value is -4.89. The molecule has 0 fully saturated rings. The molecule has 0 spiro atoms. The first-order chi connectivity index (χ1) is 23.0. The van der Waals surface area contributed by atoms with Crippen molar-refractivity contribution >= 4 is 10.8 Å². The largest absolute Gasteiger partial charge is 0.497 e. The molecule has 0 N–H and O–H groups in total. The summed E-state index contributed by atoms with van der Waals surface area (Å²) in [6.07, 6.45) is 3.77. The van der Waals surface area contributed by atoms with E-state index in [1.165, 1.54) is 11.1 Å². The van der Waals surface area contributed by atoms with E-state index in [1.807, 2.05) is 36.4 Å². The van der Waals surface area contributed by atoms with Crippen molar-refractivity contribution in [2.75, 3.05) is 7.11 Å². The van der Waals surface area contributed by atoms with Crippen LogP contribution >= 0.6 is 0 Å². The zero-order chi connectivity index (χ0) is 32.3. The second-order valence-corrected chi connectivity index (χ2v) is 11.8. The molecule has 0 unspecified atom stereocenters. The Morgan fingerprint density at radius 2 is 1.12 bits per heavy atom. The zero-order valence-corrected chi connectivity index (χ0v) is 29.6. The second-order valence-electron chi connectivity index (χ2n) is 11.8. The molecule has 6 aromatic carbocycles. The van der Waals surface area contributed by atoms with Crippen molar-refractivity contribution in [1.29, 1.82) is 0 Å². The maximum absolute atomic E-state index is 15.5. The summed E-state index contributed by atoms with van der Waals surface area (Å²) in [5, 5.41) is 1.98. The minimum absolute atomic E-state index is 0. The Morgan fingerprint density at radius 1 is 0.583 bits per heavy atom. The summed E-state index contributed by atoms with van der Waals surface area (Å²) >= 11 is 0. The molecular formula is C44H35FIrNO-. The fraction of sp³-hybridized carbons (Fsp3) is 0.114. The van der Waals surface area contributed by atoms with E-state index in [-0.39, 0.29) is 20.1 Å². The van der Waals surface area contributed by atoms with E-state index in [0.29, 0.717) is 11.3 Å². The first-order valence-corrected chi connectivity index (χ1v) is 16.1. The van der Waals surface area contributed by atoms with Crippen LogP contribution in [0, 0.1) is 11.9 Å². The number of methoxy groups -OCH3 is 1. The number of benzene rings is 6. The van der Waals surface area contributed by atoms with Gasteiger partial charge >= 0.3 is 0 Å². The van der Waals surface area contributed by atoms with Crippen LogP contribution in [0.1, 0.15) is 25.0 Å². The second kappa shape index (κ2) is 14.5. The molecule has 0 saturated heterocycles. The van der Waals surface area contributed by atoms with Gasteiger partial charge in [-0.15, -0.1) is 17.7 Å². The van der Waals surface area contributed by atoms with Gasteiger partial charge in [-0.05, 0) is 116 Å². The molecular weight excluding hydrogens is 770 g/mol. The molecule has 0 saturated carbocycles. The molecule has 0 aliphatic heterocycles. The zero-order valence-electron chi connectivity index (χ0n) is 27.2. The van der Waals surface area contributed by atoms with Crippen LogP contribution < -0.4 is 4.74 Å². The Balaban J connectivity index is 0.00000401. The Morgan fingerprint density at radius 3 is 1.69 bits per heavy atom. The topological polar surface area (TPSA) is 22.1 Å². The molecule has 7 aromatic rings. The third kappa shape index (κ3) is 6.73. The summed E-state index contributed by atoms with van der Waals surface area (Å²) in [6.45, 7) is 4.33. The van der Waals surface area contributed by atoms with Crippen LogP contribution in [0.15, 0.2) is 134 Å². The van der Waals surface area contributed by atoms with Crippen LogP contribution in [-0.4, -0.2) is 12.1 Å². The van der Waals surface area contributed by atoms with Gasteiger partial charge < -0.3 is 9.72 Å². The summed E-state index contributed by atoms with van der Waals surface area (Å²) < 4.78 is 20.9. The van der Waals surface area contributed by atoms with Gasteiger partial charge in [0.15, 0.2) is 0 Å². The number of halogens is 1. The molecule has 48 heavy (non-hydrogen) atoms. The van der Waals surface area contributed by atoms with Crippen LogP contribution in [0.25, 0.3) is 66.5 Å². The van der Waals surface area contributed by atoms with Gasteiger partial charge in [-0.3, -0.25) is 0 Å². The normalized spacial score (nSPS) is 10.9. The molecule has 0 bridgehead atoms. The minimum atomic E-state index is -0.422. The van der Waals surface area contributed by atoms with Gasteiger partial charge in [-0.25, -0.2) is 4.39 Å². The van der Waals surface area contributed by atoms with Crippen molar-refractivity contribution < 1.29 is 29.2 Å². The molecule has 0 amide bonds. The summed E-state index contributed by atoms with van der Waals surface area (Å²) in [4.78, 5) is 4.76. The summed E-state index contributed by atoms with van der Waals surface area (Å²) in [6, 6.07) is 46.7. The van der Waals surface area contributed by atoms with Crippen molar-refractivity contribution in [2.24, 2.45) is 0 Å². The van der Waals surface area contributed by atoms with Gasteiger partial charge in [-0.1, -0.05) is 104 Å². The smallest absolute Gasteiger partial charge is 0.118 e. The Labute approximate surface area is 295 Å². The van der Waals surface area contributed by atoms with Crippen LogP contribution in [-0.2, 0) is 32.9 Å². The van der Waals surface area contributed by atoms with Gasteiger partial charge in [-0.2, -0.15) is 0 Å². The van der Waals surface area contributed by atoms with E-state index in [4.69, 9.17) is 9.72 Å². The van der Waals surface area contributed by atoms with Gasteiger partial charge in [0.1, 0.15) is 5.75 Å². The number of aromatic nitrogens is 1. The quantitative estimate of drug-likeness (QED) is 0.143. The van der Waals surface area contributed by atoms with Crippen molar-refractivity contribution in [3.8, 4) is 61.5 Å². The summed E-state index contributed by atoms with van der Waals surface area (Å²) in [5.74, 6) is 0.385. The van der Waals surface area contributed by atoms with Crippen LogP contribution in [0.5, 0.6) is 5.75 Å². The Kier molecular flexibility index (Phi) is 9.96. The van der Waals surface area contributed by atoms with E-state index < -0.39 is 5.82 Å². The number of rotatable bonds is 8. The SMILES string of the molecule is CCc1ccc(-c2cc(-c3ccc(CC)cc3)cc(-c3cc(F)[c-]c(-c4nccc5c(-c6ccc(OC)cc6)cccc45)c3)c2)cc1.[Ir]. The number of hydrogen-bond acceptors (Lipinski definition) is 2. The van der Waals surface area contributed by atoms with Crippen molar-refractivity contribution in [3.05, 3.63) is 157 Å². The standard InChI is InChI=1S/C44H35FNO.Ir/c1-4-29-9-13-31(14-10-29)34-23-35(32-15-11-30(5-2)12-16-32)25-36(24-34)37-26-38(28-39(45)27-37)44-43-8-6-7-41(42(43)21-22-46-44)33-17-19-40(47-3)20-18-33;/h6-27H,4-5H2,1-3H3;/q-1;. The monoisotopic (exact) mass is 805 g/mol. The average molecular weight is 805 g/mol. The number of pyridine rings is 1. The first kappa shape index (κ1) is 33.0. The van der Waals surface area contributed by atoms with E-state index in [1.54, 1.807) is 19.4 Å². The third-order valence-electron chi connectivity index (χ3n) is 8.96. The first-order valence-electron chi connectivity index (χ1n) is 16.1. The van der Waals surface area contributed by atoms with Crippen molar-refractivity contribution in [3.63, 3.8) is 0 Å². The molecule has 239 valence electrons. The predicted octanol–water partition coefficient (Wildman–Crippen LogP) is 11.6. The summed E-state index contributed by atoms with van der Waals surface area (Å²) in [7, 11) is 1.67. The van der Waals surface area contributed by atoms with E-state index in [0.717, 1.165) is 73.9 Å². The van der Waals surface area contributed by atoms with Gasteiger partial charge in [0.2, 0.25) is 0 Å². The molecule has 7 rings (SSSR count). The van der Waals surface area contributed by atoms with E-state index >= 15 is 4.39 Å². The van der Waals surface area contributed by atoms with E-state index in [9.17, 15) is 0 Å².